The van der Waals surface area contributed by atoms with Crippen molar-refractivity contribution in [2.24, 2.45) is 0 Å². The average molecular weight is 184 g/mol. The second kappa shape index (κ2) is 5.03. The van der Waals surface area contributed by atoms with Crippen LogP contribution >= 0.6 is 15.9 Å². The van der Waals surface area contributed by atoms with Crippen molar-refractivity contribution >= 4 is 22.3 Å². The molecule has 4 heteroatoms. The van der Waals surface area contributed by atoms with Gasteiger partial charge in [0.15, 0.2) is 6.80 Å². The second-order valence-electron chi connectivity index (χ2n) is 1.23. The van der Waals surface area contributed by atoms with Crippen molar-refractivity contribution in [3.63, 3.8) is 0 Å². The summed E-state index contributed by atoms with van der Waals surface area (Å²) >= 11 is 3.06. The Bertz CT molecular complexity index is 71.1. The zero-order chi connectivity index (χ0) is 6.41. The first-order valence-corrected chi connectivity index (χ1v) is 3.28. The van der Waals surface area contributed by atoms with E-state index in [4.69, 9.17) is 0 Å². The lowest BCUT2D eigenvalue weighted by Crippen LogP contribution is -2.22. The maximum atomic E-state index is 11.5. The van der Waals surface area contributed by atoms with Crippen molar-refractivity contribution in [3.05, 3.63) is 0 Å². The number of amides is 1. The van der Waals surface area contributed by atoms with Gasteiger partial charge < -0.3 is 4.90 Å². The Hall–Kier alpha value is -0.120. The van der Waals surface area contributed by atoms with E-state index in [1.807, 2.05) is 0 Å². The smallest absolute Gasteiger partial charge is 0.211 e. The van der Waals surface area contributed by atoms with Gasteiger partial charge in [-0.15, -0.1) is 0 Å². The van der Waals surface area contributed by atoms with E-state index in [1.165, 1.54) is 0 Å². The van der Waals surface area contributed by atoms with E-state index in [9.17, 15) is 9.18 Å². The number of halogens is 2. The van der Waals surface area contributed by atoms with Gasteiger partial charge in [0.2, 0.25) is 6.41 Å². The Balaban J connectivity index is 3.21. The van der Waals surface area contributed by atoms with E-state index in [1.54, 1.807) is 0 Å². The molecule has 0 aliphatic carbocycles. The molecular formula is C4H7BrFNO. The number of carbonyl (C=O) groups excluding carboxylic acids is 1. The molecule has 0 aromatic heterocycles. The standard InChI is InChI=1S/C4H7BrFNO/c5-1-2-7(3-6)4-8/h4H,1-3H2. The van der Waals surface area contributed by atoms with Crippen LogP contribution in [0.4, 0.5) is 4.39 Å². The van der Waals surface area contributed by atoms with Crippen molar-refractivity contribution in [2.45, 2.75) is 0 Å². The van der Waals surface area contributed by atoms with Crippen LogP contribution in [0, 0.1) is 0 Å². The predicted molar refractivity (Wildman–Crippen MR) is 32.5 cm³/mol. The van der Waals surface area contributed by atoms with Gasteiger partial charge in [-0.1, -0.05) is 15.9 Å². The third-order valence-electron chi connectivity index (χ3n) is 0.674. The van der Waals surface area contributed by atoms with Gasteiger partial charge in [0.25, 0.3) is 0 Å². The van der Waals surface area contributed by atoms with E-state index in [0.29, 0.717) is 18.3 Å². The van der Waals surface area contributed by atoms with E-state index in [0.717, 1.165) is 4.90 Å². The SMILES string of the molecule is O=CN(CF)CCBr. The van der Waals surface area contributed by atoms with E-state index in [-0.39, 0.29) is 0 Å². The van der Waals surface area contributed by atoms with Crippen LogP contribution in [0.3, 0.4) is 0 Å². The summed E-state index contributed by atoms with van der Waals surface area (Å²) in [6.07, 6.45) is 0.487. The third-order valence-corrected chi connectivity index (χ3v) is 1.03. The predicted octanol–water partition coefficient (Wildman–Crippen LogP) is 0.767. The molecule has 0 aliphatic rings. The first-order valence-electron chi connectivity index (χ1n) is 2.16. The normalized spacial score (nSPS) is 8.75. The molecule has 8 heavy (non-hydrogen) atoms. The summed E-state index contributed by atoms with van der Waals surface area (Å²) in [5, 5.41) is 0.621. The van der Waals surface area contributed by atoms with Crippen LogP contribution in [0.1, 0.15) is 0 Å². The van der Waals surface area contributed by atoms with Crippen LogP contribution in [0.25, 0.3) is 0 Å². The van der Waals surface area contributed by atoms with Gasteiger partial charge in [-0.05, 0) is 0 Å². The Labute approximate surface area is 55.8 Å². The number of rotatable bonds is 4. The van der Waals surface area contributed by atoms with Crippen molar-refractivity contribution in [1.82, 2.24) is 4.90 Å². The molecule has 48 valence electrons. The van der Waals surface area contributed by atoms with Gasteiger partial charge in [-0.3, -0.25) is 4.79 Å². The zero-order valence-electron chi connectivity index (χ0n) is 4.31. The molecule has 0 saturated heterocycles. The first-order chi connectivity index (χ1) is 3.85. The molecule has 0 aliphatic heterocycles. The molecule has 0 aromatic carbocycles. The molecule has 0 atom stereocenters. The second-order valence-corrected chi connectivity index (χ2v) is 2.02. The Morgan fingerprint density at radius 3 is 2.50 bits per heavy atom. The lowest BCUT2D eigenvalue weighted by atomic mass is 10.7. The number of nitrogens with zero attached hydrogens (tertiary/aromatic N) is 1. The fraction of sp³-hybridized carbons (Fsp3) is 0.750. The molecule has 0 unspecified atom stereocenters. The van der Waals surface area contributed by atoms with Gasteiger partial charge >= 0.3 is 0 Å². The largest absolute Gasteiger partial charge is 0.317 e. The molecule has 2 nitrogen and oxygen atoms in total. The van der Waals surface area contributed by atoms with Crippen LogP contribution in [-0.4, -0.2) is 30.0 Å². The van der Waals surface area contributed by atoms with Crippen molar-refractivity contribution in [1.29, 1.82) is 0 Å². The highest BCUT2D eigenvalue weighted by Gasteiger charge is 1.94. The summed E-state index contributed by atoms with van der Waals surface area (Å²) in [5.74, 6) is 0. The number of hydrogen-bond donors (Lipinski definition) is 0. The molecule has 0 fully saturated rings. The number of hydrogen-bond acceptors (Lipinski definition) is 1. The van der Waals surface area contributed by atoms with E-state index >= 15 is 0 Å². The first kappa shape index (κ1) is 7.88. The minimum absolute atomic E-state index is 0.431. The van der Waals surface area contributed by atoms with Crippen LogP contribution in [0.5, 0.6) is 0 Å². The Morgan fingerprint density at radius 1 is 1.75 bits per heavy atom. The molecule has 1 amide bonds. The fourth-order valence-corrected chi connectivity index (χ4v) is 0.705. The monoisotopic (exact) mass is 183 g/mol. The van der Waals surface area contributed by atoms with Crippen LogP contribution in [-0.2, 0) is 4.79 Å². The summed E-state index contributed by atoms with van der Waals surface area (Å²) in [6.45, 7) is -0.269. The quantitative estimate of drug-likeness (QED) is 0.359. The highest BCUT2D eigenvalue weighted by molar-refractivity contribution is 9.09. The summed E-state index contributed by atoms with van der Waals surface area (Å²) < 4.78 is 11.5. The van der Waals surface area contributed by atoms with Crippen LogP contribution in [0.15, 0.2) is 0 Å². The van der Waals surface area contributed by atoms with Gasteiger partial charge in [0.1, 0.15) is 0 Å². The molecule has 0 aromatic rings. The Morgan fingerprint density at radius 2 is 2.38 bits per heavy atom. The lowest BCUT2D eigenvalue weighted by Gasteiger charge is -2.08. The molecule has 0 N–H and O–H groups in total. The van der Waals surface area contributed by atoms with Crippen LogP contribution < -0.4 is 0 Å². The molecule has 0 rings (SSSR count). The van der Waals surface area contributed by atoms with Gasteiger partial charge in [-0.2, -0.15) is 0 Å². The van der Waals surface area contributed by atoms with Crippen LogP contribution in [0.2, 0.25) is 0 Å². The highest BCUT2D eigenvalue weighted by atomic mass is 79.9. The molecule has 0 bridgehead atoms. The molecule has 0 heterocycles. The van der Waals surface area contributed by atoms with Crippen molar-refractivity contribution in [3.8, 4) is 0 Å². The summed E-state index contributed by atoms with van der Waals surface area (Å²) in [6, 6.07) is 0. The van der Waals surface area contributed by atoms with Gasteiger partial charge in [0, 0.05) is 11.9 Å². The number of alkyl halides is 2. The molecule has 0 radical (unpaired) electrons. The van der Waals surface area contributed by atoms with E-state index in [2.05, 4.69) is 15.9 Å². The Kier molecular flexibility index (Phi) is 4.95. The van der Waals surface area contributed by atoms with Gasteiger partial charge in [0.05, 0.1) is 0 Å². The summed E-state index contributed by atoms with van der Waals surface area (Å²) in [4.78, 5) is 10.8. The average Bonchev–Trinajstić information content (AvgIpc) is 1.83. The zero-order valence-corrected chi connectivity index (χ0v) is 5.90. The lowest BCUT2D eigenvalue weighted by molar-refractivity contribution is -0.119. The maximum absolute atomic E-state index is 11.5. The summed E-state index contributed by atoms with van der Waals surface area (Å²) in [7, 11) is 0. The minimum atomic E-state index is -0.699. The molecule has 0 spiro atoms. The third kappa shape index (κ3) is 2.96. The minimum Gasteiger partial charge on any atom is -0.317 e. The number of carbonyl (C=O) groups is 1. The van der Waals surface area contributed by atoms with Crippen molar-refractivity contribution in [2.75, 3.05) is 18.7 Å². The topological polar surface area (TPSA) is 20.3 Å². The van der Waals surface area contributed by atoms with Crippen molar-refractivity contribution < 1.29 is 9.18 Å². The van der Waals surface area contributed by atoms with Gasteiger partial charge in [-0.25, -0.2) is 4.39 Å². The maximum Gasteiger partial charge on any atom is 0.211 e. The molecular weight excluding hydrogens is 177 g/mol. The fourth-order valence-electron chi connectivity index (χ4n) is 0.249. The van der Waals surface area contributed by atoms with E-state index < -0.39 is 6.80 Å². The highest BCUT2D eigenvalue weighted by Crippen LogP contribution is 1.86. The molecule has 0 saturated carbocycles. The summed E-state index contributed by atoms with van der Waals surface area (Å²) in [5.41, 5.74) is 0.